The van der Waals surface area contributed by atoms with E-state index in [1.54, 1.807) is 0 Å². The van der Waals surface area contributed by atoms with E-state index < -0.39 is 0 Å². The largest absolute Gasteiger partial charge is 0.325 e. The molecule has 3 rings (SSSR count). The van der Waals surface area contributed by atoms with E-state index in [1.807, 2.05) is 32.0 Å². The van der Waals surface area contributed by atoms with Gasteiger partial charge in [-0.2, -0.15) is 0 Å². The molecule has 2 aliphatic rings. The standard InChI is InChI=1S/C19H25NO/c1-12-7-6-8-13(2)16(12)20-17(21)19-10-9-15(11-19)18(4,5)14(19)3/h6-8,15H,3,9-11H2,1-2,4-5H3,(H,20,21). The van der Waals surface area contributed by atoms with Gasteiger partial charge in [-0.15, -0.1) is 0 Å². The first-order valence-corrected chi connectivity index (χ1v) is 7.86. The molecule has 21 heavy (non-hydrogen) atoms. The molecule has 1 aromatic rings. The molecule has 0 radical (unpaired) electrons. The van der Waals surface area contributed by atoms with Gasteiger partial charge in [0.05, 0.1) is 5.41 Å². The van der Waals surface area contributed by atoms with Gasteiger partial charge in [-0.3, -0.25) is 4.79 Å². The van der Waals surface area contributed by atoms with Crippen molar-refractivity contribution in [1.82, 2.24) is 0 Å². The number of amides is 1. The molecule has 0 saturated heterocycles. The van der Waals surface area contributed by atoms with Gasteiger partial charge in [0.2, 0.25) is 5.91 Å². The van der Waals surface area contributed by atoms with E-state index in [4.69, 9.17) is 0 Å². The molecule has 1 aromatic carbocycles. The molecule has 0 spiro atoms. The zero-order chi connectivity index (χ0) is 15.4. The zero-order valence-corrected chi connectivity index (χ0v) is 13.5. The Kier molecular flexibility index (Phi) is 3.05. The number of benzene rings is 1. The molecule has 2 saturated carbocycles. The maximum atomic E-state index is 13.0. The number of nitrogens with one attached hydrogen (secondary N) is 1. The summed E-state index contributed by atoms with van der Waals surface area (Å²) in [5.41, 5.74) is 4.10. The van der Waals surface area contributed by atoms with Crippen molar-refractivity contribution in [1.29, 1.82) is 0 Å². The third-order valence-electron chi connectivity index (χ3n) is 6.04. The molecular formula is C19H25NO. The molecule has 2 nitrogen and oxygen atoms in total. The van der Waals surface area contributed by atoms with E-state index >= 15 is 0 Å². The molecular weight excluding hydrogens is 258 g/mol. The molecule has 112 valence electrons. The van der Waals surface area contributed by atoms with Crippen molar-refractivity contribution in [2.24, 2.45) is 16.7 Å². The van der Waals surface area contributed by atoms with E-state index in [1.165, 1.54) is 0 Å². The van der Waals surface area contributed by atoms with Crippen molar-refractivity contribution in [3.05, 3.63) is 41.5 Å². The summed E-state index contributed by atoms with van der Waals surface area (Å²) in [6, 6.07) is 6.12. The number of hydrogen-bond donors (Lipinski definition) is 1. The fraction of sp³-hybridized carbons (Fsp3) is 0.526. The van der Waals surface area contributed by atoms with Gasteiger partial charge in [0.25, 0.3) is 0 Å². The smallest absolute Gasteiger partial charge is 0.234 e. The number of fused-ring (bicyclic) bond motifs is 2. The van der Waals surface area contributed by atoms with Gasteiger partial charge in [-0.05, 0) is 55.6 Å². The van der Waals surface area contributed by atoms with Gasteiger partial charge in [0, 0.05) is 5.69 Å². The minimum atomic E-state index is -0.344. The van der Waals surface area contributed by atoms with Crippen LogP contribution in [0.4, 0.5) is 5.69 Å². The van der Waals surface area contributed by atoms with Crippen LogP contribution >= 0.6 is 0 Å². The molecule has 1 N–H and O–H groups in total. The number of hydrogen-bond acceptors (Lipinski definition) is 1. The lowest BCUT2D eigenvalue weighted by atomic mass is 9.68. The van der Waals surface area contributed by atoms with E-state index in [2.05, 4.69) is 25.7 Å². The molecule has 2 fully saturated rings. The summed E-state index contributed by atoms with van der Waals surface area (Å²) in [5.74, 6) is 0.756. The highest BCUT2D eigenvalue weighted by molar-refractivity contribution is 5.99. The SMILES string of the molecule is C=C1C2(C(=O)Nc3c(C)cccc3C)CCC(C2)C1(C)C. The first-order chi connectivity index (χ1) is 9.79. The third-order valence-corrected chi connectivity index (χ3v) is 6.04. The number of carbonyl (C=O) groups is 1. The number of aryl methyl sites for hydroxylation is 2. The number of rotatable bonds is 2. The van der Waals surface area contributed by atoms with Crippen LogP contribution in [-0.4, -0.2) is 5.91 Å². The normalized spacial score (nSPS) is 29.7. The van der Waals surface area contributed by atoms with Crippen molar-refractivity contribution < 1.29 is 4.79 Å². The van der Waals surface area contributed by atoms with Crippen molar-refractivity contribution in [3.63, 3.8) is 0 Å². The third kappa shape index (κ3) is 1.88. The van der Waals surface area contributed by atoms with Crippen LogP contribution < -0.4 is 5.32 Å². The van der Waals surface area contributed by atoms with Gasteiger partial charge in [0.15, 0.2) is 0 Å². The highest BCUT2D eigenvalue weighted by atomic mass is 16.2. The van der Waals surface area contributed by atoms with Crippen molar-refractivity contribution in [2.75, 3.05) is 5.32 Å². The zero-order valence-electron chi connectivity index (χ0n) is 13.5. The van der Waals surface area contributed by atoms with E-state index in [0.29, 0.717) is 5.92 Å². The van der Waals surface area contributed by atoms with Crippen molar-refractivity contribution >= 4 is 11.6 Å². The Bertz CT molecular complexity index is 608. The lowest BCUT2D eigenvalue weighted by Gasteiger charge is -2.37. The second-order valence-electron chi connectivity index (χ2n) is 7.44. The van der Waals surface area contributed by atoms with Gasteiger partial charge in [0.1, 0.15) is 0 Å². The highest BCUT2D eigenvalue weighted by Gasteiger charge is 2.60. The summed E-state index contributed by atoms with van der Waals surface area (Å²) in [7, 11) is 0. The molecule has 2 heteroatoms. The minimum Gasteiger partial charge on any atom is -0.325 e. The minimum absolute atomic E-state index is 0.0936. The van der Waals surface area contributed by atoms with E-state index in [9.17, 15) is 4.79 Å². The van der Waals surface area contributed by atoms with E-state index in [0.717, 1.165) is 41.6 Å². The second kappa shape index (κ2) is 4.46. The average molecular weight is 283 g/mol. The quantitative estimate of drug-likeness (QED) is 0.788. The van der Waals surface area contributed by atoms with Crippen LogP contribution in [-0.2, 0) is 4.79 Å². The van der Waals surface area contributed by atoms with Crippen LogP contribution in [0.25, 0.3) is 0 Å². The average Bonchev–Trinajstić information content (AvgIpc) is 2.94. The summed E-state index contributed by atoms with van der Waals surface area (Å²) in [4.78, 5) is 13.0. The molecule has 1 amide bonds. The van der Waals surface area contributed by atoms with Crippen LogP contribution in [0.5, 0.6) is 0 Å². The fourth-order valence-electron chi connectivity index (χ4n) is 4.39. The summed E-state index contributed by atoms with van der Waals surface area (Å²) in [6.07, 6.45) is 3.07. The van der Waals surface area contributed by atoms with Gasteiger partial charge < -0.3 is 5.32 Å². The summed E-state index contributed by atoms with van der Waals surface area (Å²) in [5, 5.41) is 3.21. The van der Waals surface area contributed by atoms with Crippen LogP contribution in [0.2, 0.25) is 0 Å². The van der Waals surface area contributed by atoms with Crippen molar-refractivity contribution in [3.8, 4) is 0 Å². The Morgan fingerprint density at radius 1 is 1.29 bits per heavy atom. The van der Waals surface area contributed by atoms with Gasteiger partial charge in [-0.25, -0.2) is 0 Å². The summed E-state index contributed by atoms with van der Waals surface area (Å²) >= 11 is 0. The monoisotopic (exact) mass is 283 g/mol. The highest BCUT2D eigenvalue weighted by Crippen LogP contribution is 2.65. The maximum absolute atomic E-state index is 13.0. The lowest BCUT2D eigenvalue weighted by Crippen LogP contribution is -2.37. The number of carbonyl (C=O) groups excluding carboxylic acids is 1. The molecule has 2 atom stereocenters. The Hall–Kier alpha value is -1.57. The maximum Gasteiger partial charge on any atom is 0.234 e. The van der Waals surface area contributed by atoms with Crippen LogP contribution in [0.15, 0.2) is 30.4 Å². The molecule has 2 bridgehead atoms. The molecule has 2 unspecified atom stereocenters. The van der Waals surface area contributed by atoms with E-state index in [-0.39, 0.29) is 16.7 Å². The van der Waals surface area contributed by atoms with Crippen LogP contribution in [0.1, 0.15) is 44.2 Å². The molecule has 0 aromatic heterocycles. The lowest BCUT2D eigenvalue weighted by molar-refractivity contribution is -0.123. The Labute approximate surface area is 127 Å². The summed E-state index contributed by atoms with van der Waals surface area (Å²) < 4.78 is 0. The van der Waals surface area contributed by atoms with Crippen molar-refractivity contribution in [2.45, 2.75) is 47.0 Å². The molecule has 2 aliphatic carbocycles. The topological polar surface area (TPSA) is 29.1 Å². The fourth-order valence-corrected chi connectivity index (χ4v) is 4.39. The number of anilines is 1. The number of para-hydroxylation sites is 1. The van der Waals surface area contributed by atoms with Crippen LogP contribution in [0, 0.1) is 30.6 Å². The molecule has 0 aliphatic heterocycles. The first kappa shape index (κ1) is 14.4. The van der Waals surface area contributed by atoms with Gasteiger partial charge in [-0.1, -0.05) is 44.2 Å². The molecule has 0 heterocycles. The summed E-state index contributed by atoms with van der Waals surface area (Å²) in [6.45, 7) is 12.9. The first-order valence-electron chi connectivity index (χ1n) is 7.86. The van der Waals surface area contributed by atoms with Crippen LogP contribution in [0.3, 0.4) is 0 Å². The predicted molar refractivity (Wildman–Crippen MR) is 87.2 cm³/mol. The van der Waals surface area contributed by atoms with Gasteiger partial charge >= 0.3 is 0 Å². The second-order valence-corrected chi connectivity index (χ2v) is 7.44. The Morgan fingerprint density at radius 2 is 1.90 bits per heavy atom. The Morgan fingerprint density at radius 3 is 2.43 bits per heavy atom. The Balaban J connectivity index is 1.92. The predicted octanol–water partition coefficient (Wildman–Crippen LogP) is 4.62.